The van der Waals surface area contributed by atoms with Crippen LogP contribution in [0.2, 0.25) is 0 Å². The van der Waals surface area contributed by atoms with E-state index >= 15 is 0 Å². The molecule has 4 rings (SSSR count). The van der Waals surface area contributed by atoms with Crippen LogP contribution in [-0.4, -0.2) is 35.5 Å². The summed E-state index contributed by atoms with van der Waals surface area (Å²) in [5, 5.41) is 2.49. The molecule has 1 fully saturated rings. The van der Waals surface area contributed by atoms with Crippen molar-refractivity contribution < 1.29 is 28.2 Å². The Morgan fingerprint density at radius 1 is 1.11 bits per heavy atom. The predicted octanol–water partition coefficient (Wildman–Crippen LogP) is 4.88. The van der Waals surface area contributed by atoms with E-state index < -0.39 is 23.9 Å². The lowest BCUT2D eigenvalue weighted by Crippen LogP contribution is -2.43. The Bertz CT molecular complexity index is 1120. The Morgan fingerprint density at radius 3 is 2.70 bits per heavy atom. The van der Waals surface area contributed by atoms with Gasteiger partial charge in [-0.1, -0.05) is 18.2 Å². The molecule has 1 aromatic heterocycles. The predicted molar refractivity (Wildman–Crippen MR) is 135 cm³/mol. The van der Waals surface area contributed by atoms with Gasteiger partial charge >= 0.3 is 12.1 Å². The van der Waals surface area contributed by atoms with E-state index in [2.05, 4.69) is 17.4 Å². The zero-order valence-electron chi connectivity index (χ0n) is 21.3. The summed E-state index contributed by atoms with van der Waals surface area (Å²) in [5.41, 5.74) is 4.21. The summed E-state index contributed by atoms with van der Waals surface area (Å²) < 4.78 is 23.5. The number of carbonyl (C=O) groups is 3. The van der Waals surface area contributed by atoms with Crippen molar-refractivity contribution in [2.75, 3.05) is 6.61 Å². The molecule has 37 heavy (non-hydrogen) atoms. The van der Waals surface area contributed by atoms with Crippen molar-refractivity contribution in [3.8, 4) is 0 Å². The van der Waals surface area contributed by atoms with Crippen molar-refractivity contribution in [1.29, 1.82) is 0 Å². The quantitative estimate of drug-likeness (QED) is 0.433. The van der Waals surface area contributed by atoms with Crippen molar-refractivity contribution in [2.45, 2.75) is 77.4 Å². The molecule has 8 heteroatoms. The standard InChI is InChI=1S/C29H35FN2O5/c1-2-36-28(34)26(32-29(35)37-18-19-6-5-8-23(30)16-19)12-13-27(33)22-14-20(15-22)17-24-11-10-21-7-3-4-9-25(21)31-24/h5-6,8,10-11,16,20,22,26H,2-4,7,9,12-15,17-18H2,1H3,(H,32,35)/t20?,22?,26-/m0/s1. The highest BCUT2D eigenvalue weighted by Crippen LogP contribution is 2.37. The number of nitrogens with zero attached hydrogens (tertiary/aromatic N) is 1. The van der Waals surface area contributed by atoms with Gasteiger partial charge in [0.1, 0.15) is 24.2 Å². The fraction of sp³-hybridized carbons (Fsp3) is 0.517. The molecular formula is C29H35FN2O5. The van der Waals surface area contributed by atoms with E-state index in [0.29, 0.717) is 11.5 Å². The average molecular weight is 511 g/mol. The highest BCUT2D eigenvalue weighted by Gasteiger charge is 2.35. The minimum Gasteiger partial charge on any atom is -0.464 e. The van der Waals surface area contributed by atoms with Crippen LogP contribution in [-0.2, 0) is 44.9 Å². The molecule has 2 aromatic rings. The number of amides is 1. The first kappa shape index (κ1) is 26.8. The summed E-state index contributed by atoms with van der Waals surface area (Å²) in [7, 11) is 0. The molecule has 1 amide bonds. The Morgan fingerprint density at radius 2 is 1.92 bits per heavy atom. The molecule has 1 aromatic carbocycles. The Balaban J connectivity index is 1.21. The van der Waals surface area contributed by atoms with Crippen LogP contribution in [0.15, 0.2) is 36.4 Å². The van der Waals surface area contributed by atoms with Gasteiger partial charge in [-0.15, -0.1) is 0 Å². The van der Waals surface area contributed by atoms with Gasteiger partial charge in [0.05, 0.1) is 6.61 Å². The van der Waals surface area contributed by atoms with Crippen molar-refractivity contribution in [1.82, 2.24) is 10.3 Å². The number of ketones is 1. The van der Waals surface area contributed by atoms with Crippen LogP contribution >= 0.6 is 0 Å². The maximum atomic E-state index is 13.3. The molecule has 0 aliphatic heterocycles. The van der Waals surface area contributed by atoms with Crippen LogP contribution in [0.25, 0.3) is 0 Å². The zero-order chi connectivity index (χ0) is 26.2. The summed E-state index contributed by atoms with van der Waals surface area (Å²) >= 11 is 0. The smallest absolute Gasteiger partial charge is 0.408 e. The number of pyridine rings is 1. The van der Waals surface area contributed by atoms with E-state index in [1.54, 1.807) is 13.0 Å². The number of carbonyl (C=O) groups excluding carboxylic acids is 3. The third-order valence-electron chi connectivity index (χ3n) is 7.23. The van der Waals surface area contributed by atoms with Crippen LogP contribution in [0.1, 0.15) is 68.0 Å². The molecule has 1 saturated carbocycles. The normalized spacial score (nSPS) is 19.2. The molecule has 1 N–H and O–H groups in total. The van der Waals surface area contributed by atoms with Crippen molar-refractivity contribution >= 4 is 17.8 Å². The van der Waals surface area contributed by atoms with Crippen molar-refractivity contribution in [2.24, 2.45) is 11.8 Å². The first-order valence-electron chi connectivity index (χ1n) is 13.3. The molecule has 0 radical (unpaired) electrons. The highest BCUT2D eigenvalue weighted by molar-refractivity contribution is 5.84. The molecule has 0 saturated heterocycles. The molecule has 1 heterocycles. The molecule has 7 nitrogen and oxygen atoms in total. The van der Waals surface area contributed by atoms with Crippen LogP contribution in [0, 0.1) is 17.7 Å². The van der Waals surface area contributed by atoms with Gasteiger partial charge < -0.3 is 14.8 Å². The second kappa shape index (κ2) is 12.8. The number of alkyl carbamates (subject to hydrolysis) is 1. The van der Waals surface area contributed by atoms with Crippen molar-refractivity contribution in [3.05, 3.63) is 64.7 Å². The summed E-state index contributed by atoms with van der Waals surface area (Å²) in [6.07, 6.45) is 6.65. The minimum absolute atomic E-state index is 0.0228. The number of benzene rings is 1. The van der Waals surface area contributed by atoms with Crippen LogP contribution in [0.4, 0.5) is 9.18 Å². The van der Waals surface area contributed by atoms with Gasteiger partial charge in [-0.05, 0) is 93.5 Å². The van der Waals surface area contributed by atoms with E-state index in [0.717, 1.165) is 37.8 Å². The van der Waals surface area contributed by atoms with Gasteiger partial charge in [-0.2, -0.15) is 0 Å². The second-order valence-electron chi connectivity index (χ2n) is 10.0. The fourth-order valence-corrected chi connectivity index (χ4v) is 5.14. The molecule has 0 unspecified atom stereocenters. The number of Topliss-reactive ketones (excluding diaryl/α,β-unsaturated/α-hetero) is 1. The van der Waals surface area contributed by atoms with Gasteiger partial charge in [-0.3, -0.25) is 9.78 Å². The van der Waals surface area contributed by atoms with Crippen LogP contribution in [0.5, 0.6) is 0 Å². The minimum atomic E-state index is -0.987. The molecular weight excluding hydrogens is 475 g/mol. The third kappa shape index (κ3) is 7.60. The number of hydrogen-bond donors (Lipinski definition) is 1. The summed E-state index contributed by atoms with van der Waals surface area (Å²) in [4.78, 5) is 42.2. The number of nitrogens with one attached hydrogen (secondary N) is 1. The monoisotopic (exact) mass is 510 g/mol. The van der Waals surface area contributed by atoms with Gasteiger partial charge in [0, 0.05) is 23.7 Å². The molecule has 1 atom stereocenters. The number of hydrogen-bond acceptors (Lipinski definition) is 6. The van der Waals surface area contributed by atoms with Gasteiger partial charge in [0.15, 0.2) is 0 Å². The van der Waals surface area contributed by atoms with Crippen LogP contribution < -0.4 is 5.32 Å². The molecule has 2 aliphatic carbocycles. The molecule has 2 aliphatic rings. The molecule has 0 bridgehead atoms. The van der Waals surface area contributed by atoms with E-state index in [9.17, 15) is 18.8 Å². The molecule has 0 spiro atoms. The fourth-order valence-electron chi connectivity index (χ4n) is 5.14. The SMILES string of the molecule is CCOC(=O)[C@H](CCC(=O)C1CC(Cc2ccc3c(n2)CCCC3)C1)NC(=O)OCc1cccc(F)c1. The lowest BCUT2D eigenvalue weighted by molar-refractivity contribution is -0.145. The number of ether oxygens (including phenoxy) is 2. The number of halogens is 1. The maximum absolute atomic E-state index is 13.3. The first-order valence-corrected chi connectivity index (χ1v) is 13.3. The lowest BCUT2D eigenvalue weighted by Gasteiger charge is -2.34. The third-order valence-corrected chi connectivity index (χ3v) is 7.23. The largest absolute Gasteiger partial charge is 0.464 e. The van der Waals surface area contributed by atoms with E-state index in [4.69, 9.17) is 14.5 Å². The number of esters is 1. The van der Waals surface area contributed by atoms with Crippen LogP contribution in [0.3, 0.4) is 0 Å². The number of aromatic nitrogens is 1. The lowest BCUT2D eigenvalue weighted by atomic mass is 9.70. The topological polar surface area (TPSA) is 94.6 Å². The zero-order valence-corrected chi connectivity index (χ0v) is 21.3. The molecule has 198 valence electrons. The van der Waals surface area contributed by atoms with E-state index in [1.807, 2.05) is 0 Å². The van der Waals surface area contributed by atoms with Gasteiger partial charge in [0.25, 0.3) is 0 Å². The van der Waals surface area contributed by atoms with E-state index in [1.165, 1.54) is 42.3 Å². The Hall–Kier alpha value is -3.29. The Labute approximate surface area is 217 Å². The van der Waals surface area contributed by atoms with Gasteiger partial charge in [-0.25, -0.2) is 14.0 Å². The number of aryl methyl sites for hydroxylation is 2. The summed E-state index contributed by atoms with van der Waals surface area (Å²) in [5.74, 6) is -0.520. The van der Waals surface area contributed by atoms with Gasteiger partial charge in [0.2, 0.25) is 0 Å². The maximum Gasteiger partial charge on any atom is 0.408 e. The average Bonchev–Trinajstić information content (AvgIpc) is 2.87. The van der Waals surface area contributed by atoms with Crippen molar-refractivity contribution in [3.63, 3.8) is 0 Å². The van der Waals surface area contributed by atoms with E-state index in [-0.39, 0.29) is 37.8 Å². The number of rotatable bonds is 11. The highest BCUT2D eigenvalue weighted by atomic mass is 19.1. The second-order valence-corrected chi connectivity index (χ2v) is 10.0. The summed E-state index contributed by atoms with van der Waals surface area (Å²) in [6, 6.07) is 9.07. The first-order chi connectivity index (χ1) is 17.9. The summed E-state index contributed by atoms with van der Waals surface area (Å²) in [6.45, 7) is 1.69. The number of fused-ring (bicyclic) bond motifs is 1. The Kier molecular flexibility index (Phi) is 9.25.